The number of hydrogen-bond acceptors (Lipinski definition) is 3. The molecule has 1 aromatic carbocycles. The largest absolute Gasteiger partial charge is 0.353 e. The van der Waals surface area contributed by atoms with Crippen LogP contribution in [0, 0.1) is 0 Å². The third kappa shape index (κ3) is 3.77. The lowest BCUT2D eigenvalue weighted by atomic mass is 10.1. The van der Waals surface area contributed by atoms with Gasteiger partial charge >= 0.3 is 0 Å². The molecule has 4 heteroatoms. The minimum atomic E-state index is 0.120. The molecule has 0 atom stereocenters. The van der Waals surface area contributed by atoms with Gasteiger partial charge in [-0.25, -0.2) is 4.98 Å². The van der Waals surface area contributed by atoms with E-state index in [0.717, 1.165) is 43.1 Å². The van der Waals surface area contributed by atoms with Crippen LogP contribution in [0.25, 0.3) is 6.08 Å². The van der Waals surface area contributed by atoms with E-state index in [2.05, 4.69) is 9.88 Å². The molecule has 1 aliphatic heterocycles. The molecule has 2 heterocycles. The normalized spacial score (nSPS) is 15.6. The summed E-state index contributed by atoms with van der Waals surface area (Å²) in [7, 11) is 0. The Kier molecular flexibility index (Phi) is 4.71. The van der Waals surface area contributed by atoms with Crippen molar-refractivity contribution < 1.29 is 4.79 Å². The molecule has 0 saturated carbocycles. The first-order valence-corrected chi connectivity index (χ1v) is 7.92. The summed E-state index contributed by atoms with van der Waals surface area (Å²) < 4.78 is 0. The van der Waals surface area contributed by atoms with Crippen molar-refractivity contribution in [3.63, 3.8) is 0 Å². The van der Waals surface area contributed by atoms with Crippen LogP contribution in [0.1, 0.15) is 12.5 Å². The van der Waals surface area contributed by atoms with Crippen molar-refractivity contribution in [3.05, 3.63) is 65.9 Å². The number of amides is 1. The van der Waals surface area contributed by atoms with Crippen LogP contribution >= 0.6 is 0 Å². The summed E-state index contributed by atoms with van der Waals surface area (Å²) in [6, 6.07) is 15.9. The maximum Gasteiger partial charge on any atom is 0.249 e. The van der Waals surface area contributed by atoms with Gasteiger partial charge in [0.25, 0.3) is 0 Å². The predicted molar refractivity (Wildman–Crippen MR) is 93.1 cm³/mol. The van der Waals surface area contributed by atoms with E-state index in [1.807, 2.05) is 66.4 Å². The highest BCUT2D eigenvalue weighted by Gasteiger charge is 2.22. The highest BCUT2D eigenvalue weighted by molar-refractivity contribution is 5.97. The Bertz CT molecular complexity index is 674. The summed E-state index contributed by atoms with van der Waals surface area (Å²) >= 11 is 0. The van der Waals surface area contributed by atoms with Gasteiger partial charge < -0.3 is 9.80 Å². The van der Waals surface area contributed by atoms with Gasteiger partial charge in [0.1, 0.15) is 5.82 Å². The molecular formula is C19H21N3O. The predicted octanol–water partition coefficient (Wildman–Crippen LogP) is 2.83. The number of benzene rings is 1. The van der Waals surface area contributed by atoms with Crippen molar-refractivity contribution in [3.8, 4) is 0 Å². The Hall–Kier alpha value is -2.62. The number of hydrogen-bond donors (Lipinski definition) is 0. The first-order valence-electron chi connectivity index (χ1n) is 7.92. The van der Waals surface area contributed by atoms with E-state index in [1.54, 1.807) is 6.20 Å². The first kappa shape index (κ1) is 15.3. The number of carbonyl (C=O) groups excluding carboxylic acids is 1. The van der Waals surface area contributed by atoms with E-state index in [-0.39, 0.29) is 5.91 Å². The lowest BCUT2D eigenvalue weighted by molar-refractivity contribution is -0.127. The van der Waals surface area contributed by atoms with E-state index in [4.69, 9.17) is 0 Å². The van der Waals surface area contributed by atoms with Crippen molar-refractivity contribution in [2.24, 2.45) is 0 Å². The van der Waals surface area contributed by atoms with Crippen LogP contribution in [0.3, 0.4) is 0 Å². The van der Waals surface area contributed by atoms with Crippen LogP contribution in [-0.4, -0.2) is 42.0 Å². The third-order valence-corrected chi connectivity index (χ3v) is 4.06. The van der Waals surface area contributed by atoms with Crippen LogP contribution in [-0.2, 0) is 4.79 Å². The maximum absolute atomic E-state index is 12.6. The molecule has 0 aliphatic carbocycles. The molecule has 1 aliphatic rings. The molecule has 0 bridgehead atoms. The second-order valence-corrected chi connectivity index (χ2v) is 5.71. The van der Waals surface area contributed by atoms with Crippen LogP contribution in [0.2, 0.25) is 0 Å². The Labute approximate surface area is 137 Å². The van der Waals surface area contributed by atoms with Crippen molar-refractivity contribution >= 4 is 17.8 Å². The summed E-state index contributed by atoms with van der Waals surface area (Å²) in [5.74, 6) is 1.10. The molecule has 1 fully saturated rings. The van der Waals surface area contributed by atoms with Crippen molar-refractivity contribution in [1.82, 2.24) is 9.88 Å². The van der Waals surface area contributed by atoms with Gasteiger partial charge in [0.05, 0.1) is 0 Å². The van der Waals surface area contributed by atoms with E-state index >= 15 is 0 Å². The van der Waals surface area contributed by atoms with Gasteiger partial charge in [-0.2, -0.15) is 0 Å². The minimum Gasteiger partial charge on any atom is -0.353 e. The molecule has 23 heavy (non-hydrogen) atoms. The van der Waals surface area contributed by atoms with Crippen molar-refractivity contribution in [2.45, 2.75) is 6.92 Å². The average molecular weight is 307 g/mol. The minimum absolute atomic E-state index is 0.120. The van der Waals surface area contributed by atoms with E-state index in [9.17, 15) is 4.79 Å². The molecule has 2 aromatic rings. The molecule has 0 unspecified atom stereocenters. The molecule has 1 aromatic heterocycles. The molecular weight excluding hydrogens is 286 g/mol. The molecule has 4 nitrogen and oxygen atoms in total. The summed E-state index contributed by atoms with van der Waals surface area (Å²) in [5.41, 5.74) is 1.84. The number of carbonyl (C=O) groups is 1. The van der Waals surface area contributed by atoms with Gasteiger partial charge in [-0.05, 0) is 30.7 Å². The SMILES string of the molecule is C/C(=C\c1ccccc1)C(=O)N1CCN(c2ccccn2)CC1. The highest BCUT2D eigenvalue weighted by atomic mass is 16.2. The van der Waals surface area contributed by atoms with Crippen LogP contribution in [0.5, 0.6) is 0 Å². The van der Waals surface area contributed by atoms with E-state index < -0.39 is 0 Å². The molecule has 1 amide bonds. The van der Waals surface area contributed by atoms with Gasteiger partial charge in [0.15, 0.2) is 0 Å². The first-order chi connectivity index (χ1) is 11.2. The van der Waals surface area contributed by atoms with Crippen molar-refractivity contribution in [1.29, 1.82) is 0 Å². The van der Waals surface area contributed by atoms with Gasteiger partial charge in [-0.15, -0.1) is 0 Å². The van der Waals surface area contributed by atoms with Crippen LogP contribution in [0.4, 0.5) is 5.82 Å². The standard InChI is InChI=1S/C19H21N3O/c1-16(15-17-7-3-2-4-8-17)19(23)22-13-11-21(12-14-22)18-9-5-6-10-20-18/h2-10,15H,11-14H2,1H3/b16-15+. The molecule has 118 valence electrons. The monoisotopic (exact) mass is 307 g/mol. The molecule has 1 saturated heterocycles. The van der Waals surface area contributed by atoms with E-state index in [0.29, 0.717) is 0 Å². The second kappa shape index (κ2) is 7.09. The summed E-state index contributed by atoms with van der Waals surface area (Å²) in [6.45, 7) is 4.99. The lowest BCUT2D eigenvalue weighted by Gasteiger charge is -2.35. The Balaban J connectivity index is 1.61. The maximum atomic E-state index is 12.6. The number of piperazine rings is 1. The van der Waals surface area contributed by atoms with E-state index in [1.165, 1.54) is 0 Å². The fourth-order valence-corrected chi connectivity index (χ4v) is 2.79. The van der Waals surface area contributed by atoms with Gasteiger partial charge in [-0.1, -0.05) is 36.4 Å². The quantitative estimate of drug-likeness (QED) is 0.818. The fraction of sp³-hybridized carbons (Fsp3) is 0.263. The summed E-state index contributed by atoms with van der Waals surface area (Å²) in [5, 5.41) is 0. The number of pyridine rings is 1. The third-order valence-electron chi connectivity index (χ3n) is 4.06. The molecule has 3 rings (SSSR count). The van der Waals surface area contributed by atoms with Crippen LogP contribution < -0.4 is 4.90 Å². The van der Waals surface area contributed by atoms with Gasteiger partial charge in [0, 0.05) is 37.9 Å². The van der Waals surface area contributed by atoms with Gasteiger partial charge in [0.2, 0.25) is 5.91 Å². The van der Waals surface area contributed by atoms with Crippen LogP contribution in [0.15, 0.2) is 60.3 Å². The van der Waals surface area contributed by atoms with Gasteiger partial charge in [-0.3, -0.25) is 4.79 Å². The zero-order valence-electron chi connectivity index (χ0n) is 13.4. The molecule has 0 N–H and O–H groups in total. The zero-order chi connectivity index (χ0) is 16.1. The lowest BCUT2D eigenvalue weighted by Crippen LogP contribution is -2.49. The Morgan fingerprint density at radius 3 is 2.35 bits per heavy atom. The second-order valence-electron chi connectivity index (χ2n) is 5.71. The average Bonchev–Trinajstić information content (AvgIpc) is 2.63. The number of aromatic nitrogens is 1. The highest BCUT2D eigenvalue weighted by Crippen LogP contribution is 2.15. The zero-order valence-corrected chi connectivity index (χ0v) is 13.4. The Morgan fingerprint density at radius 2 is 1.70 bits per heavy atom. The smallest absolute Gasteiger partial charge is 0.249 e. The number of nitrogens with zero attached hydrogens (tertiary/aromatic N) is 3. The summed E-state index contributed by atoms with van der Waals surface area (Å²) in [6.07, 6.45) is 3.76. The summed E-state index contributed by atoms with van der Waals surface area (Å²) in [4.78, 5) is 21.1. The van der Waals surface area contributed by atoms with Crippen molar-refractivity contribution in [2.75, 3.05) is 31.1 Å². The number of rotatable bonds is 3. The number of anilines is 1. The Morgan fingerprint density at radius 1 is 1.00 bits per heavy atom. The molecule has 0 radical (unpaired) electrons. The topological polar surface area (TPSA) is 36.4 Å². The fourth-order valence-electron chi connectivity index (χ4n) is 2.79. The molecule has 0 spiro atoms.